The Balaban J connectivity index is 2.82. The van der Waals surface area contributed by atoms with Crippen molar-refractivity contribution in [3.63, 3.8) is 0 Å². The number of benzene rings is 1. The topological polar surface area (TPSA) is 12.0 Å². The summed E-state index contributed by atoms with van der Waals surface area (Å²) in [5, 5.41) is 3.67. The molecule has 0 heterocycles. The second-order valence-electron chi connectivity index (χ2n) is 5.43. The van der Waals surface area contributed by atoms with Gasteiger partial charge in [-0.25, -0.2) is 4.39 Å². The minimum Gasteiger partial charge on any atom is -0.313 e. The van der Waals surface area contributed by atoms with E-state index < -0.39 is 0 Å². The molecule has 96 valence electrons. The monoisotopic (exact) mass is 257 g/mol. The van der Waals surface area contributed by atoms with Crippen LogP contribution in [0, 0.1) is 11.2 Å². The minimum absolute atomic E-state index is 0.164. The standard InChI is InChI=1S/C14H21ClFN/c1-5-17-13(14(2,3)4)9-10-6-7-12(16)11(15)8-10/h6-8,13,17H,5,9H2,1-4H3. The highest BCUT2D eigenvalue weighted by Crippen LogP contribution is 2.24. The summed E-state index contributed by atoms with van der Waals surface area (Å²) >= 11 is 5.79. The molecule has 1 N–H and O–H groups in total. The van der Waals surface area contributed by atoms with Gasteiger partial charge in [0.2, 0.25) is 0 Å². The average Bonchev–Trinajstić information content (AvgIpc) is 2.21. The predicted molar refractivity (Wildman–Crippen MR) is 72.0 cm³/mol. The van der Waals surface area contributed by atoms with Gasteiger partial charge in [-0.15, -0.1) is 0 Å². The van der Waals surface area contributed by atoms with Gasteiger partial charge in [0.15, 0.2) is 0 Å². The Bertz CT molecular complexity index is 371. The van der Waals surface area contributed by atoms with Gasteiger partial charge in [0, 0.05) is 6.04 Å². The maximum absolute atomic E-state index is 13.1. The van der Waals surface area contributed by atoms with Crippen molar-refractivity contribution < 1.29 is 4.39 Å². The molecule has 0 saturated carbocycles. The van der Waals surface area contributed by atoms with Crippen LogP contribution < -0.4 is 5.32 Å². The first-order chi connectivity index (χ1) is 7.84. The van der Waals surface area contributed by atoms with E-state index in [0.717, 1.165) is 18.5 Å². The molecule has 0 bridgehead atoms. The fourth-order valence-corrected chi connectivity index (χ4v) is 2.04. The molecule has 3 heteroatoms. The normalized spacial score (nSPS) is 13.8. The molecule has 0 amide bonds. The van der Waals surface area contributed by atoms with Crippen molar-refractivity contribution in [1.82, 2.24) is 5.32 Å². The zero-order valence-electron chi connectivity index (χ0n) is 11.0. The first-order valence-electron chi connectivity index (χ1n) is 6.02. The number of hydrogen-bond donors (Lipinski definition) is 1. The first-order valence-corrected chi connectivity index (χ1v) is 6.39. The SMILES string of the molecule is CCNC(Cc1ccc(F)c(Cl)c1)C(C)(C)C. The Labute approximate surface area is 108 Å². The van der Waals surface area contributed by atoms with Crippen LogP contribution >= 0.6 is 11.6 Å². The highest BCUT2D eigenvalue weighted by atomic mass is 35.5. The van der Waals surface area contributed by atoms with Crippen molar-refractivity contribution >= 4 is 11.6 Å². The van der Waals surface area contributed by atoms with Gasteiger partial charge in [0.1, 0.15) is 5.82 Å². The van der Waals surface area contributed by atoms with E-state index in [9.17, 15) is 4.39 Å². The molecule has 0 aliphatic heterocycles. The molecule has 1 unspecified atom stereocenters. The molecule has 0 aliphatic rings. The van der Waals surface area contributed by atoms with E-state index in [1.54, 1.807) is 12.1 Å². The van der Waals surface area contributed by atoms with Crippen LogP contribution in [0.1, 0.15) is 33.3 Å². The van der Waals surface area contributed by atoms with Gasteiger partial charge in [-0.05, 0) is 36.1 Å². The Morgan fingerprint density at radius 1 is 1.35 bits per heavy atom. The van der Waals surface area contributed by atoms with E-state index in [2.05, 4.69) is 33.0 Å². The Hall–Kier alpha value is -0.600. The van der Waals surface area contributed by atoms with Crippen molar-refractivity contribution in [2.75, 3.05) is 6.54 Å². The highest BCUT2D eigenvalue weighted by molar-refractivity contribution is 6.30. The van der Waals surface area contributed by atoms with Gasteiger partial charge in [0.05, 0.1) is 5.02 Å². The number of likely N-dealkylation sites (N-methyl/N-ethyl adjacent to an activating group) is 1. The first kappa shape index (κ1) is 14.5. The van der Waals surface area contributed by atoms with Gasteiger partial charge < -0.3 is 5.32 Å². The van der Waals surface area contributed by atoms with Crippen molar-refractivity contribution in [2.45, 2.75) is 40.2 Å². The van der Waals surface area contributed by atoms with Crippen molar-refractivity contribution in [3.05, 3.63) is 34.6 Å². The molecule has 0 saturated heterocycles. The van der Waals surface area contributed by atoms with Crippen LogP contribution in [0.2, 0.25) is 5.02 Å². The molecule has 0 aliphatic carbocycles. The summed E-state index contributed by atoms with van der Waals surface area (Å²) in [5.41, 5.74) is 1.23. The summed E-state index contributed by atoms with van der Waals surface area (Å²) in [6, 6.07) is 5.31. The molecular weight excluding hydrogens is 237 g/mol. The average molecular weight is 258 g/mol. The summed E-state index contributed by atoms with van der Waals surface area (Å²) in [6.07, 6.45) is 0.858. The van der Waals surface area contributed by atoms with Crippen LogP contribution in [0.3, 0.4) is 0 Å². The quantitative estimate of drug-likeness (QED) is 0.858. The van der Waals surface area contributed by atoms with Gasteiger partial charge in [-0.2, -0.15) is 0 Å². The summed E-state index contributed by atoms with van der Waals surface area (Å²) in [4.78, 5) is 0. The number of nitrogens with one attached hydrogen (secondary N) is 1. The lowest BCUT2D eigenvalue weighted by atomic mass is 9.83. The summed E-state index contributed by atoms with van der Waals surface area (Å²) in [6.45, 7) is 9.62. The van der Waals surface area contributed by atoms with Crippen molar-refractivity contribution in [1.29, 1.82) is 0 Å². The van der Waals surface area contributed by atoms with Crippen molar-refractivity contribution in [3.8, 4) is 0 Å². The van der Waals surface area contributed by atoms with E-state index in [1.807, 2.05) is 0 Å². The number of hydrogen-bond acceptors (Lipinski definition) is 1. The molecule has 1 atom stereocenters. The van der Waals surface area contributed by atoms with Crippen molar-refractivity contribution in [2.24, 2.45) is 5.41 Å². The van der Waals surface area contributed by atoms with Crippen LogP contribution in [0.5, 0.6) is 0 Å². The molecule has 1 nitrogen and oxygen atoms in total. The smallest absolute Gasteiger partial charge is 0.141 e. The lowest BCUT2D eigenvalue weighted by Gasteiger charge is -2.31. The molecule has 0 aromatic heterocycles. The van der Waals surface area contributed by atoms with Gasteiger partial charge in [-0.1, -0.05) is 45.4 Å². The molecule has 0 spiro atoms. The molecule has 1 aromatic rings. The van der Waals surface area contributed by atoms with E-state index in [0.29, 0.717) is 6.04 Å². The van der Waals surface area contributed by atoms with E-state index >= 15 is 0 Å². The second kappa shape index (κ2) is 5.83. The predicted octanol–water partition coefficient (Wildman–Crippen LogP) is 4.05. The lowest BCUT2D eigenvalue weighted by Crippen LogP contribution is -2.41. The zero-order valence-corrected chi connectivity index (χ0v) is 11.7. The fraction of sp³-hybridized carbons (Fsp3) is 0.571. The Morgan fingerprint density at radius 3 is 2.47 bits per heavy atom. The number of halogens is 2. The largest absolute Gasteiger partial charge is 0.313 e. The van der Waals surface area contributed by atoms with Gasteiger partial charge in [-0.3, -0.25) is 0 Å². The van der Waals surface area contributed by atoms with E-state index in [1.165, 1.54) is 6.07 Å². The molecule has 1 rings (SSSR count). The van der Waals surface area contributed by atoms with E-state index in [4.69, 9.17) is 11.6 Å². The minimum atomic E-state index is -0.355. The third-order valence-corrected chi connectivity index (χ3v) is 3.21. The Kier molecular flexibility index (Phi) is 4.96. The Morgan fingerprint density at radius 2 is 2.00 bits per heavy atom. The molecule has 0 fully saturated rings. The van der Waals surface area contributed by atoms with Crippen LogP contribution in [-0.2, 0) is 6.42 Å². The van der Waals surface area contributed by atoms with E-state index in [-0.39, 0.29) is 16.3 Å². The summed E-state index contributed by atoms with van der Waals surface area (Å²) in [7, 11) is 0. The summed E-state index contributed by atoms with van der Waals surface area (Å²) < 4.78 is 13.1. The second-order valence-corrected chi connectivity index (χ2v) is 5.84. The molecule has 1 aromatic carbocycles. The summed E-state index contributed by atoms with van der Waals surface area (Å²) in [5.74, 6) is -0.355. The molecule has 17 heavy (non-hydrogen) atoms. The highest BCUT2D eigenvalue weighted by Gasteiger charge is 2.23. The fourth-order valence-electron chi connectivity index (χ4n) is 1.83. The van der Waals surface area contributed by atoms with Crippen LogP contribution in [0.4, 0.5) is 4.39 Å². The van der Waals surface area contributed by atoms with Crippen LogP contribution in [0.15, 0.2) is 18.2 Å². The molecule has 0 radical (unpaired) electrons. The third-order valence-electron chi connectivity index (χ3n) is 2.92. The maximum Gasteiger partial charge on any atom is 0.141 e. The van der Waals surface area contributed by atoms with Gasteiger partial charge >= 0.3 is 0 Å². The van der Waals surface area contributed by atoms with Crippen LogP contribution in [-0.4, -0.2) is 12.6 Å². The maximum atomic E-state index is 13.1. The molecular formula is C14H21ClFN. The zero-order chi connectivity index (χ0) is 13.1. The van der Waals surface area contributed by atoms with Gasteiger partial charge in [0.25, 0.3) is 0 Å². The lowest BCUT2D eigenvalue weighted by molar-refractivity contribution is 0.270. The third kappa shape index (κ3) is 4.29. The van der Waals surface area contributed by atoms with Crippen LogP contribution in [0.25, 0.3) is 0 Å². The number of rotatable bonds is 4.